The van der Waals surface area contributed by atoms with Gasteiger partial charge >= 0.3 is 0 Å². The first-order valence-electron chi connectivity index (χ1n) is 6.37. The van der Waals surface area contributed by atoms with Gasteiger partial charge in [0.15, 0.2) is 0 Å². The number of aliphatic hydroxyl groups is 1. The second-order valence-corrected chi connectivity index (χ2v) is 4.53. The predicted octanol–water partition coefficient (Wildman–Crippen LogP) is 2.88. The third kappa shape index (κ3) is 3.23. The number of anilines is 1. The summed E-state index contributed by atoms with van der Waals surface area (Å²) in [5.41, 5.74) is 3.13. The van der Waals surface area contributed by atoms with Crippen molar-refractivity contribution in [2.24, 2.45) is 0 Å². The van der Waals surface area contributed by atoms with Gasteiger partial charge in [0.2, 0.25) is 0 Å². The molecule has 0 aliphatic heterocycles. The maximum atomic E-state index is 12.0. The summed E-state index contributed by atoms with van der Waals surface area (Å²) in [5.74, 6) is -0.212. The highest BCUT2D eigenvalue weighted by atomic mass is 16.3. The average molecular weight is 258 g/mol. The zero-order chi connectivity index (χ0) is 13.8. The van der Waals surface area contributed by atoms with Crippen molar-refractivity contribution in [3.63, 3.8) is 0 Å². The fourth-order valence-corrected chi connectivity index (χ4v) is 1.81. The number of aromatic nitrogens is 1. The Labute approximate surface area is 112 Å². The molecule has 100 valence electrons. The van der Waals surface area contributed by atoms with Crippen molar-refractivity contribution in [2.75, 3.05) is 5.32 Å². The van der Waals surface area contributed by atoms with Gasteiger partial charge in [-0.1, -0.05) is 19.1 Å². The second-order valence-electron chi connectivity index (χ2n) is 4.53. The number of nitrogens with one attached hydrogen (secondary N) is 2. The van der Waals surface area contributed by atoms with Gasteiger partial charge in [-0.3, -0.25) is 4.79 Å². The Hall–Kier alpha value is -2.07. The number of hydrogen-bond donors (Lipinski definition) is 3. The largest absolute Gasteiger partial charge is 0.389 e. The molecule has 2 rings (SSSR count). The van der Waals surface area contributed by atoms with Gasteiger partial charge in [-0.25, -0.2) is 0 Å². The zero-order valence-corrected chi connectivity index (χ0v) is 11.1. The van der Waals surface area contributed by atoms with E-state index in [-0.39, 0.29) is 5.91 Å². The minimum atomic E-state index is -0.582. The van der Waals surface area contributed by atoms with E-state index in [0.29, 0.717) is 11.3 Å². The molecule has 2 aromatic rings. The number of rotatable bonds is 4. The molecule has 0 saturated carbocycles. The van der Waals surface area contributed by atoms with E-state index in [1.165, 1.54) is 5.56 Å². The molecule has 0 bridgehead atoms. The first-order valence-corrected chi connectivity index (χ1v) is 6.37. The number of aliphatic hydroxyl groups excluding tert-OH is 1. The van der Waals surface area contributed by atoms with Gasteiger partial charge in [0.1, 0.15) is 5.69 Å². The highest BCUT2D eigenvalue weighted by molar-refractivity contribution is 6.03. The number of amides is 1. The number of aryl methyl sites for hydroxylation is 1. The van der Waals surface area contributed by atoms with Crippen LogP contribution in [0.15, 0.2) is 36.5 Å². The number of aromatic amines is 1. The quantitative estimate of drug-likeness (QED) is 0.789. The molecule has 0 radical (unpaired) electrons. The molecule has 1 aromatic carbocycles. The van der Waals surface area contributed by atoms with Crippen LogP contribution >= 0.6 is 0 Å². The van der Waals surface area contributed by atoms with Crippen LogP contribution in [-0.4, -0.2) is 16.0 Å². The van der Waals surface area contributed by atoms with Crippen LogP contribution in [0, 0.1) is 0 Å². The first-order chi connectivity index (χ1) is 9.10. The fraction of sp³-hybridized carbons (Fsp3) is 0.267. The second kappa shape index (κ2) is 5.71. The lowest BCUT2D eigenvalue weighted by molar-refractivity contribution is 0.102. The van der Waals surface area contributed by atoms with Gasteiger partial charge in [0, 0.05) is 11.9 Å². The minimum absolute atomic E-state index is 0.212. The molecule has 0 aliphatic rings. The number of H-pyrrole nitrogens is 1. The third-order valence-corrected chi connectivity index (χ3v) is 3.05. The zero-order valence-electron chi connectivity index (χ0n) is 11.1. The maximum Gasteiger partial charge on any atom is 0.272 e. The molecule has 1 atom stereocenters. The van der Waals surface area contributed by atoms with E-state index < -0.39 is 6.10 Å². The van der Waals surface area contributed by atoms with Crippen molar-refractivity contribution in [1.82, 2.24) is 4.98 Å². The van der Waals surface area contributed by atoms with Gasteiger partial charge in [-0.2, -0.15) is 0 Å². The number of hydrogen-bond acceptors (Lipinski definition) is 2. The molecular weight excluding hydrogens is 240 g/mol. The van der Waals surface area contributed by atoms with Crippen LogP contribution in [-0.2, 0) is 6.42 Å². The topological polar surface area (TPSA) is 65.1 Å². The number of carbonyl (C=O) groups is 1. The molecule has 0 spiro atoms. The van der Waals surface area contributed by atoms with Crippen molar-refractivity contribution >= 4 is 11.6 Å². The van der Waals surface area contributed by atoms with Gasteiger partial charge in [0.05, 0.1) is 6.10 Å². The molecule has 4 nitrogen and oxygen atoms in total. The van der Waals surface area contributed by atoms with E-state index in [0.717, 1.165) is 12.1 Å². The van der Waals surface area contributed by atoms with Gasteiger partial charge in [0.25, 0.3) is 5.91 Å². The van der Waals surface area contributed by atoms with Crippen LogP contribution in [0.1, 0.15) is 41.6 Å². The molecule has 1 amide bonds. The molecule has 0 saturated heterocycles. The van der Waals surface area contributed by atoms with E-state index >= 15 is 0 Å². The summed E-state index contributed by atoms with van der Waals surface area (Å²) in [7, 11) is 0. The molecule has 0 unspecified atom stereocenters. The van der Waals surface area contributed by atoms with Crippen LogP contribution in [0.3, 0.4) is 0 Å². The van der Waals surface area contributed by atoms with Crippen molar-refractivity contribution in [1.29, 1.82) is 0 Å². The van der Waals surface area contributed by atoms with Crippen molar-refractivity contribution in [3.05, 3.63) is 53.3 Å². The summed E-state index contributed by atoms with van der Waals surface area (Å²) in [5, 5.41) is 12.2. The summed E-state index contributed by atoms with van der Waals surface area (Å²) < 4.78 is 0. The average Bonchev–Trinajstić information content (AvgIpc) is 2.89. The van der Waals surface area contributed by atoms with Crippen LogP contribution in [0.25, 0.3) is 0 Å². The third-order valence-electron chi connectivity index (χ3n) is 3.05. The molecular formula is C15H18N2O2. The molecule has 0 fully saturated rings. The van der Waals surface area contributed by atoms with Crippen LogP contribution < -0.4 is 5.32 Å². The minimum Gasteiger partial charge on any atom is -0.389 e. The molecule has 19 heavy (non-hydrogen) atoms. The summed E-state index contributed by atoms with van der Waals surface area (Å²) in [6.07, 6.45) is 2.03. The molecule has 3 N–H and O–H groups in total. The highest BCUT2D eigenvalue weighted by Gasteiger charge is 2.11. The summed E-state index contributed by atoms with van der Waals surface area (Å²) in [4.78, 5) is 14.8. The molecule has 1 heterocycles. The lowest BCUT2D eigenvalue weighted by Crippen LogP contribution is -2.12. The molecule has 1 aromatic heterocycles. The SMILES string of the molecule is CCc1ccc(NC(=O)c2cc([C@@H](C)O)c[nH]2)cc1. The van der Waals surface area contributed by atoms with Crippen molar-refractivity contribution in [3.8, 4) is 0 Å². The Balaban J connectivity index is 2.06. The van der Waals surface area contributed by atoms with Crippen molar-refractivity contribution in [2.45, 2.75) is 26.4 Å². The lowest BCUT2D eigenvalue weighted by atomic mass is 10.1. The Morgan fingerprint density at radius 2 is 2.05 bits per heavy atom. The van der Waals surface area contributed by atoms with Gasteiger partial charge in [-0.15, -0.1) is 0 Å². The fourth-order valence-electron chi connectivity index (χ4n) is 1.81. The van der Waals surface area contributed by atoms with E-state index in [4.69, 9.17) is 0 Å². The van der Waals surface area contributed by atoms with E-state index in [9.17, 15) is 9.90 Å². The number of carbonyl (C=O) groups excluding carboxylic acids is 1. The Kier molecular flexibility index (Phi) is 4.02. The normalized spacial score (nSPS) is 12.2. The molecule has 0 aliphatic carbocycles. The molecule has 4 heteroatoms. The Morgan fingerprint density at radius 3 is 2.58 bits per heavy atom. The van der Waals surface area contributed by atoms with Crippen molar-refractivity contribution < 1.29 is 9.90 Å². The van der Waals surface area contributed by atoms with E-state index in [1.54, 1.807) is 19.2 Å². The first kappa shape index (κ1) is 13.4. The summed E-state index contributed by atoms with van der Waals surface area (Å²) in [6, 6.07) is 9.40. The smallest absolute Gasteiger partial charge is 0.272 e. The van der Waals surface area contributed by atoms with Crippen LogP contribution in [0.4, 0.5) is 5.69 Å². The lowest BCUT2D eigenvalue weighted by Gasteiger charge is -2.04. The predicted molar refractivity (Wildman–Crippen MR) is 75.2 cm³/mol. The van der Waals surface area contributed by atoms with E-state index in [1.807, 2.05) is 24.3 Å². The van der Waals surface area contributed by atoms with Crippen LogP contribution in [0.5, 0.6) is 0 Å². The van der Waals surface area contributed by atoms with Gasteiger partial charge in [-0.05, 0) is 42.7 Å². The standard InChI is InChI=1S/C15H18N2O2/c1-3-11-4-6-13(7-5-11)17-15(19)14-8-12(9-16-14)10(2)18/h4-10,16,18H,3H2,1-2H3,(H,17,19)/t10-/m1/s1. The summed E-state index contributed by atoms with van der Waals surface area (Å²) >= 11 is 0. The Bertz CT molecular complexity index is 556. The van der Waals surface area contributed by atoms with E-state index in [2.05, 4.69) is 17.2 Å². The van der Waals surface area contributed by atoms with Gasteiger partial charge < -0.3 is 15.4 Å². The summed E-state index contributed by atoms with van der Waals surface area (Å²) in [6.45, 7) is 3.75. The number of benzene rings is 1. The monoisotopic (exact) mass is 258 g/mol. The Morgan fingerprint density at radius 1 is 1.37 bits per heavy atom. The maximum absolute atomic E-state index is 12.0. The van der Waals surface area contributed by atoms with Crippen LogP contribution in [0.2, 0.25) is 0 Å². The highest BCUT2D eigenvalue weighted by Crippen LogP contribution is 2.15.